The van der Waals surface area contributed by atoms with E-state index < -0.39 is 0 Å². The smallest absolute Gasteiger partial charge is 0.280 e. The SMILES string of the molecule is CC(NC(=O)c1csc(C(=O)NC2CCCC2)n1)c1ccccc1. The molecular formula is C18H21N3O2S. The minimum absolute atomic E-state index is 0.115. The molecule has 1 aromatic heterocycles. The van der Waals surface area contributed by atoms with Gasteiger partial charge in [-0.25, -0.2) is 4.98 Å². The van der Waals surface area contributed by atoms with Gasteiger partial charge in [0.2, 0.25) is 0 Å². The second kappa shape index (κ2) is 7.57. The van der Waals surface area contributed by atoms with Crippen LogP contribution in [0.5, 0.6) is 0 Å². The number of thiazole rings is 1. The maximum absolute atomic E-state index is 12.3. The Labute approximate surface area is 145 Å². The molecular weight excluding hydrogens is 322 g/mol. The molecule has 0 saturated heterocycles. The summed E-state index contributed by atoms with van der Waals surface area (Å²) < 4.78 is 0. The molecule has 2 aromatic rings. The zero-order chi connectivity index (χ0) is 16.9. The Balaban J connectivity index is 1.60. The molecule has 0 bridgehead atoms. The van der Waals surface area contributed by atoms with E-state index in [1.54, 1.807) is 5.38 Å². The van der Waals surface area contributed by atoms with Gasteiger partial charge in [0.1, 0.15) is 5.69 Å². The maximum atomic E-state index is 12.3. The van der Waals surface area contributed by atoms with Crippen molar-refractivity contribution < 1.29 is 9.59 Å². The van der Waals surface area contributed by atoms with Crippen LogP contribution in [0.25, 0.3) is 0 Å². The average Bonchev–Trinajstić information content (AvgIpc) is 3.27. The minimum Gasteiger partial charge on any atom is -0.347 e. The van der Waals surface area contributed by atoms with Gasteiger partial charge in [0, 0.05) is 11.4 Å². The molecule has 0 radical (unpaired) electrons. The number of amides is 2. The summed E-state index contributed by atoms with van der Waals surface area (Å²) >= 11 is 1.21. The predicted octanol–water partition coefficient (Wildman–Crippen LogP) is 3.31. The lowest BCUT2D eigenvalue weighted by Crippen LogP contribution is -2.32. The fourth-order valence-corrected chi connectivity index (χ4v) is 3.60. The lowest BCUT2D eigenvalue weighted by molar-refractivity contribution is 0.0934. The van der Waals surface area contributed by atoms with Crippen molar-refractivity contribution in [3.63, 3.8) is 0 Å². The molecule has 2 N–H and O–H groups in total. The fraction of sp³-hybridized carbons (Fsp3) is 0.389. The molecule has 1 aliphatic carbocycles. The third-order valence-corrected chi connectivity index (χ3v) is 5.11. The molecule has 3 rings (SSSR count). The van der Waals surface area contributed by atoms with E-state index in [2.05, 4.69) is 15.6 Å². The second-order valence-corrected chi connectivity index (χ2v) is 6.96. The van der Waals surface area contributed by atoms with Crippen molar-refractivity contribution in [3.05, 3.63) is 52.0 Å². The number of nitrogens with one attached hydrogen (secondary N) is 2. The molecule has 0 spiro atoms. The molecule has 1 fully saturated rings. The van der Waals surface area contributed by atoms with E-state index in [0.29, 0.717) is 10.7 Å². The first-order valence-corrected chi connectivity index (χ1v) is 9.13. The number of carbonyl (C=O) groups excluding carboxylic acids is 2. The zero-order valence-electron chi connectivity index (χ0n) is 13.6. The van der Waals surface area contributed by atoms with E-state index in [-0.39, 0.29) is 23.9 Å². The molecule has 1 atom stereocenters. The number of hydrogen-bond donors (Lipinski definition) is 2. The van der Waals surface area contributed by atoms with Crippen molar-refractivity contribution in [1.29, 1.82) is 0 Å². The summed E-state index contributed by atoms with van der Waals surface area (Å²) in [7, 11) is 0. The summed E-state index contributed by atoms with van der Waals surface area (Å²) in [6, 6.07) is 9.87. The van der Waals surface area contributed by atoms with Gasteiger partial charge in [-0.05, 0) is 25.3 Å². The summed E-state index contributed by atoms with van der Waals surface area (Å²) in [4.78, 5) is 28.7. The van der Waals surface area contributed by atoms with Crippen LogP contribution in [0.3, 0.4) is 0 Å². The van der Waals surface area contributed by atoms with Gasteiger partial charge >= 0.3 is 0 Å². The first-order valence-electron chi connectivity index (χ1n) is 8.25. The Morgan fingerprint density at radius 1 is 1.17 bits per heavy atom. The highest BCUT2D eigenvalue weighted by Gasteiger charge is 2.21. The Kier molecular flexibility index (Phi) is 5.25. The molecule has 1 saturated carbocycles. The Hall–Kier alpha value is -2.21. The van der Waals surface area contributed by atoms with Gasteiger partial charge in [-0.3, -0.25) is 9.59 Å². The Morgan fingerprint density at radius 2 is 1.88 bits per heavy atom. The van der Waals surface area contributed by atoms with Crippen molar-refractivity contribution in [2.45, 2.75) is 44.7 Å². The van der Waals surface area contributed by atoms with Crippen molar-refractivity contribution in [2.24, 2.45) is 0 Å². The zero-order valence-corrected chi connectivity index (χ0v) is 14.4. The second-order valence-electron chi connectivity index (χ2n) is 6.10. The van der Waals surface area contributed by atoms with Gasteiger partial charge < -0.3 is 10.6 Å². The van der Waals surface area contributed by atoms with Gasteiger partial charge in [0.25, 0.3) is 11.8 Å². The number of carbonyl (C=O) groups is 2. The van der Waals surface area contributed by atoms with E-state index in [0.717, 1.165) is 31.2 Å². The number of aromatic nitrogens is 1. The quantitative estimate of drug-likeness (QED) is 0.875. The number of nitrogens with zero attached hydrogens (tertiary/aromatic N) is 1. The summed E-state index contributed by atoms with van der Waals surface area (Å²) in [6.07, 6.45) is 4.37. The van der Waals surface area contributed by atoms with E-state index in [1.807, 2.05) is 37.3 Å². The molecule has 1 heterocycles. The van der Waals surface area contributed by atoms with Crippen molar-refractivity contribution >= 4 is 23.2 Å². The van der Waals surface area contributed by atoms with Gasteiger partial charge in [0.05, 0.1) is 6.04 Å². The van der Waals surface area contributed by atoms with Gasteiger partial charge in [-0.15, -0.1) is 11.3 Å². The molecule has 0 aliphatic heterocycles. The van der Waals surface area contributed by atoms with E-state index in [1.165, 1.54) is 11.3 Å². The topological polar surface area (TPSA) is 71.1 Å². The van der Waals surface area contributed by atoms with Gasteiger partial charge in [0.15, 0.2) is 5.01 Å². The number of rotatable bonds is 5. The number of benzene rings is 1. The van der Waals surface area contributed by atoms with Crippen LogP contribution in [0.2, 0.25) is 0 Å². The Morgan fingerprint density at radius 3 is 2.58 bits per heavy atom. The first kappa shape index (κ1) is 16.6. The van der Waals surface area contributed by atoms with Gasteiger partial charge in [-0.1, -0.05) is 43.2 Å². The third kappa shape index (κ3) is 4.00. The standard InChI is InChI=1S/C18H21N3O2S/c1-12(13-7-3-2-4-8-13)19-16(22)15-11-24-18(21-15)17(23)20-14-9-5-6-10-14/h2-4,7-8,11-12,14H,5-6,9-10H2,1H3,(H,19,22)(H,20,23). The first-order chi connectivity index (χ1) is 11.6. The largest absolute Gasteiger partial charge is 0.347 e. The molecule has 2 amide bonds. The van der Waals surface area contributed by atoms with E-state index >= 15 is 0 Å². The van der Waals surface area contributed by atoms with Crippen molar-refractivity contribution in [1.82, 2.24) is 15.6 Å². The molecule has 1 aliphatic rings. The molecule has 1 unspecified atom stereocenters. The summed E-state index contributed by atoms with van der Waals surface area (Å²) in [5.41, 5.74) is 1.32. The molecule has 24 heavy (non-hydrogen) atoms. The van der Waals surface area contributed by atoms with Crippen LogP contribution in [-0.4, -0.2) is 22.8 Å². The minimum atomic E-state index is -0.262. The van der Waals surface area contributed by atoms with Crippen LogP contribution in [0.4, 0.5) is 0 Å². The average molecular weight is 343 g/mol. The summed E-state index contributed by atoms with van der Waals surface area (Å²) in [5.74, 6) is -0.440. The highest BCUT2D eigenvalue weighted by molar-refractivity contribution is 7.11. The highest BCUT2D eigenvalue weighted by atomic mass is 32.1. The summed E-state index contributed by atoms with van der Waals surface area (Å²) in [6.45, 7) is 1.92. The van der Waals surface area contributed by atoms with Crippen LogP contribution >= 0.6 is 11.3 Å². The van der Waals surface area contributed by atoms with Crippen LogP contribution in [0, 0.1) is 0 Å². The number of hydrogen-bond acceptors (Lipinski definition) is 4. The van der Waals surface area contributed by atoms with Crippen LogP contribution in [-0.2, 0) is 0 Å². The summed E-state index contributed by atoms with van der Waals surface area (Å²) in [5, 5.41) is 7.88. The van der Waals surface area contributed by atoms with Gasteiger partial charge in [-0.2, -0.15) is 0 Å². The lowest BCUT2D eigenvalue weighted by Gasteiger charge is -2.13. The normalized spacial score (nSPS) is 15.9. The molecule has 6 heteroatoms. The molecule has 5 nitrogen and oxygen atoms in total. The van der Waals surface area contributed by atoms with Crippen molar-refractivity contribution in [3.8, 4) is 0 Å². The Bertz CT molecular complexity index is 708. The monoisotopic (exact) mass is 343 g/mol. The van der Waals surface area contributed by atoms with Crippen LogP contribution < -0.4 is 10.6 Å². The fourth-order valence-electron chi connectivity index (χ4n) is 2.90. The van der Waals surface area contributed by atoms with Crippen LogP contribution in [0.1, 0.15) is 64.5 Å². The van der Waals surface area contributed by atoms with Crippen LogP contribution in [0.15, 0.2) is 35.7 Å². The predicted molar refractivity (Wildman–Crippen MR) is 94.2 cm³/mol. The third-order valence-electron chi connectivity index (χ3n) is 4.27. The lowest BCUT2D eigenvalue weighted by atomic mass is 10.1. The molecule has 126 valence electrons. The highest BCUT2D eigenvalue weighted by Crippen LogP contribution is 2.19. The van der Waals surface area contributed by atoms with E-state index in [4.69, 9.17) is 0 Å². The van der Waals surface area contributed by atoms with E-state index in [9.17, 15) is 9.59 Å². The molecule has 1 aromatic carbocycles. The van der Waals surface area contributed by atoms with Crippen molar-refractivity contribution in [2.75, 3.05) is 0 Å². The maximum Gasteiger partial charge on any atom is 0.280 e.